The minimum atomic E-state index is -0.215. The van der Waals surface area contributed by atoms with Crippen LogP contribution in [0.4, 0.5) is 5.82 Å². The number of nitrogens with zero attached hydrogens (tertiary/aromatic N) is 3. The van der Waals surface area contributed by atoms with E-state index in [4.69, 9.17) is 5.10 Å². The smallest absolute Gasteiger partial charge is 0.275 e. The minimum absolute atomic E-state index is 0.158. The first-order valence-corrected chi connectivity index (χ1v) is 9.69. The number of pyridine rings is 1. The van der Waals surface area contributed by atoms with Crippen LogP contribution in [0, 0.1) is 0 Å². The van der Waals surface area contributed by atoms with Gasteiger partial charge in [0.15, 0.2) is 0 Å². The number of benzene rings is 2. The Morgan fingerprint density at radius 3 is 2.48 bits per heavy atom. The number of carbonyl (C=O) groups is 1. The molecular formula is C24H24N4O. The number of fused-ring (bicyclic) bond motifs is 1. The van der Waals surface area contributed by atoms with E-state index in [2.05, 4.69) is 31.1 Å². The molecule has 1 amide bonds. The Labute approximate surface area is 170 Å². The van der Waals surface area contributed by atoms with E-state index in [-0.39, 0.29) is 11.3 Å². The maximum absolute atomic E-state index is 13.2. The minimum Gasteiger partial charge on any atom is -0.305 e. The van der Waals surface area contributed by atoms with Crippen LogP contribution in [-0.4, -0.2) is 20.7 Å². The second-order valence-corrected chi connectivity index (χ2v) is 8.14. The van der Waals surface area contributed by atoms with E-state index in [1.165, 1.54) is 0 Å². The highest BCUT2D eigenvalue weighted by Gasteiger charge is 2.23. The first-order valence-electron chi connectivity index (χ1n) is 9.69. The highest BCUT2D eigenvalue weighted by atomic mass is 16.2. The van der Waals surface area contributed by atoms with Crippen molar-refractivity contribution in [2.24, 2.45) is 0 Å². The van der Waals surface area contributed by atoms with Gasteiger partial charge in [0, 0.05) is 17.0 Å². The van der Waals surface area contributed by atoms with Gasteiger partial charge in [0.25, 0.3) is 5.91 Å². The molecular weight excluding hydrogens is 360 g/mol. The summed E-state index contributed by atoms with van der Waals surface area (Å²) in [5.74, 6) is 0.339. The van der Waals surface area contributed by atoms with Crippen molar-refractivity contribution in [1.29, 1.82) is 0 Å². The Hall–Kier alpha value is -3.47. The number of amides is 1. The molecule has 0 unspecified atom stereocenters. The number of nitrogens with one attached hydrogen (secondary N) is 1. The third-order valence-electron chi connectivity index (χ3n) is 4.86. The molecule has 2 aromatic heterocycles. The van der Waals surface area contributed by atoms with Gasteiger partial charge in [0.05, 0.1) is 12.2 Å². The van der Waals surface area contributed by atoms with Crippen LogP contribution in [0.3, 0.4) is 0 Å². The number of hydrogen-bond donors (Lipinski definition) is 1. The fourth-order valence-electron chi connectivity index (χ4n) is 3.23. The summed E-state index contributed by atoms with van der Waals surface area (Å²) in [5.41, 5.74) is 2.33. The van der Waals surface area contributed by atoms with Crippen LogP contribution in [0.25, 0.3) is 10.8 Å². The molecule has 0 spiro atoms. The van der Waals surface area contributed by atoms with Crippen LogP contribution < -0.4 is 5.32 Å². The van der Waals surface area contributed by atoms with Crippen LogP contribution in [0.15, 0.2) is 72.9 Å². The summed E-state index contributed by atoms with van der Waals surface area (Å²) in [4.78, 5) is 17.6. The summed E-state index contributed by atoms with van der Waals surface area (Å²) in [6.45, 7) is 6.81. The lowest BCUT2D eigenvalue weighted by molar-refractivity contribution is 0.101. The van der Waals surface area contributed by atoms with Gasteiger partial charge in [-0.05, 0) is 23.1 Å². The Balaban J connectivity index is 1.70. The molecule has 146 valence electrons. The second-order valence-electron chi connectivity index (χ2n) is 8.14. The van der Waals surface area contributed by atoms with Gasteiger partial charge in [0.2, 0.25) is 0 Å². The zero-order valence-corrected chi connectivity index (χ0v) is 16.9. The number of rotatable bonds is 4. The number of aromatic nitrogens is 3. The molecule has 1 N–H and O–H groups in total. The first kappa shape index (κ1) is 18.9. The highest BCUT2D eigenvalue weighted by Crippen LogP contribution is 2.24. The molecule has 4 rings (SSSR count). The lowest BCUT2D eigenvalue weighted by atomic mass is 9.92. The van der Waals surface area contributed by atoms with Crippen LogP contribution in [0.2, 0.25) is 0 Å². The number of carbonyl (C=O) groups excluding carboxylic acids is 1. The zero-order valence-electron chi connectivity index (χ0n) is 16.9. The molecule has 4 aromatic rings. The lowest BCUT2D eigenvalue weighted by Gasteiger charge is -2.14. The first-order chi connectivity index (χ1) is 13.9. The lowest BCUT2D eigenvalue weighted by Crippen LogP contribution is -2.19. The van der Waals surface area contributed by atoms with Gasteiger partial charge in [-0.3, -0.25) is 9.48 Å². The number of hydrogen-bond acceptors (Lipinski definition) is 3. The quantitative estimate of drug-likeness (QED) is 0.537. The molecule has 0 bridgehead atoms. The molecule has 0 saturated carbocycles. The molecule has 0 aliphatic rings. The van der Waals surface area contributed by atoms with Crippen molar-refractivity contribution in [3.8, 4) is 0 Å². The zero-order chi connectivity index (χ0) is 20.4. The van der Waals surface area contributed by atoms with E-state index in [9.17, 15) is 4.79 Å². The highest BCUT2D eigenvalue weighted by molar-refractivity contribution is 6.07. The van der Waals surface area contributed by atoms with Crippen molar-refractivity contribution in [1.82, 2.24) is 14.8 Å². The van der Waals surface area contributed by atoms with Crippen molar-refractivity contribution in [2.45, 2.75) is 32.7 Å². The average molecular weight is 384 g/mol. The molecule has 2 heterocycles. The Bertz CT molecular complexity index is 1150. The topological polar surface area (TPSA) is 59.8 Å². The van der Waals surface area contributed by atoms with Crippen LogP contribution in [0.1, 0.15) is 42.5 Å². The summed E-state index contributed by atoms with van der Waals surface area (Å²) >= 11 is 0. The molecule has 0 aliphatic heterocycles. The van der Waals surface area contributed by atoms with E-state index >= 15 is 0 Å². The summed E-state index contributed by atoms with van der Waals surface area (Å²) in [6.07, 6.45) is 1.71. The third kappa shape index (κ3) is 4.04. The molecule has 5 heteroatoms. The second kappa shape index (κ2) is 7.51. The maximum Gasteiger partial charge on any atom is 0.275 e. The van der Waals surface area contributed by atoms with E-state index < -0.39 is 0 Å². The monoisotopic (exact) mass is 384 g/mol. The van der Waals surface area contributed by atoms with E-state index in [1.54, 1.807) is 10.9 Å². The van der Waals surface area contributed by atoms with Crippen molar-refractivity contribution in [3.05, 3.63) is 89.9 Å². The molecule has 0 saturated heterocycles. The predicted octanol–water partition coefficient (Wildman–Crippen LogP) is 5.03. The van der Waals surface area contributed by atoms with E-state index in [1.807, 2.05) is 66.7 Å². The largest absolute Gasteiger partial charge is 0.305 e. The summed E-state index contributed by atoms with van der Waals surface area (Å²) < 4.78 is 1.77. The molecule has 29 heavy (non-hydrogen) atoms. The van der Waals surface area contributed by atoms with Gasteiger partial charge in [-0.15, -0.1) is 0 Å². The SMILES string of the molecule is CC(C)(C)c1cc(C(=O)Nc2nccc3ccccc23)n(Cc2ccccc2)n1. The molecule has 0 radical (unpaired) electrons. The Morgan fingerprint density at radius 2 is 1.72 bits per heavy atom. The van der Waals surface area contributed by atoms with Gasteiger partial charge >= 0.3 is 0 Å². The van der Waals surface area contributed by atoms with Crippen molar-refractivity contribution < 1.29 is 4.79 Å². The van der Waals surface area contributed by atoms with Crippen LogP contribution in [-0.2, 0) is 12.0 Å². The summed E-state index contributed by atoms with van der Waals surface area (Å²) in [5, 5.41) is 9.66. The number of anilines is 1. The van der Waals surface area contributed by atoms with Crippen molar-refractivity contribution in [3.63, 3.8) is 0 Å². The van der Waals surface area contributed by atoms with Gasteiger partial charge in [0.1, 0.15) is 11.5 Å². The fourth-order valence-corrected chi connectivity index (χ4v) is 3.23. The van der Waals surface area contributed by atoms with E-state index in [0.29, 0.717) is 18.1 Å². The third-order valence-corrected chi connectivity index (χ3v) is 4.86. The normalized spacial score (nSPS) is 11.6. The average Bonchev–Trinajstić information content (AvgIpc) is 3.13. The van der Waals surface area contributed by atoms with Crippen molar-refractivity contribution >= 4 is 22.5 Å². The van der Waals surface area contributed by atoms with Gasteiger partial charge in [-0.1, -0.05) is 75.4 Å². The predicted molar refractivity (Wildman–Crippen MR) is 116 cm³/mol. The molecule has 0 fully saturated rings. The standard InChI is InChI=1S/C24H24N4O/c1-24(2,3)21-15-20(28(27-21)16-17-9-5-4-6-10-17)23(29)26-22-19-12-8-7-11-18(19)13-14-25-22/h4-15H,16H2,1-3H3,(H,25,26,29). The van der Waals surface area contributed by atoms with Gasteiger partial charge in [-0.2, -0.15) is 5.10 Å². The van der Waals surface area contributed by atoms with Crippen LogP contribution >= 0.6 is 0 Å². The summed E-state index contributed by atoms with van der Waals surface area (Å²) in [6, 6.07) is 21.7. The Morgan fingerprint density at radius 1 is 1.00 bits per heavy atom. The van der Waals surface area contributed by atoms with Gasteiger partial charge in [-0.25, -0.2) is 4.98 Å². The molecule has 2 aromatic carbocycles. The molecule has 0 aliphatic carbocycles. The van der Waals surface area contributed by atoms with E-state index in [0.717, 1.165) is 22.0 Å². The molecule has 5 nitrogen and oxygen atoms in total. The molecule has 0 atom stereocenters. The van der Waals surface area contributed by atoms with Gasteiger partial charge < -0.3 is 5.32 Å². The fraction of sp³-hybridized carbons (Fsp3) is 0.208. The van der Waals surface area contributed by atoms with Crippen molar-refractivity contribution in [2.75, 3.05) is 5.32 Å². The summed E-state index contributed by atoms with van der Waals surface area (Å²) in [7, 11) is 0. The Kier molecular flexibility index (Phi) is 4.89. The maximum atomic E-state index is 13.2. The van der Waals surface area contributed by atoms with Crippen LogP contribution in [0.5, 0.6) is 0 Å².